The van der Waals surface area contributed by atoms with E-state index < -0.39 is 17.5 Å². The van der Waals surface area contributed by atoms with Crippen LogP contribution in [0.4, 0.5) is 0 Å². The summed E-state index contributed by atoms with van der Waals surface area (Å²) in [5.74, 6) is 0.282. The van der Waals surface area contributed by atoms with Crippen molar-refractivity contribution in [2.24, 2.45) is 0 Å². The van der Waals surface area contributed by atoms with Gasteiger partial charge in [-0.1, -0.05) is 36.3 Å². The maximum Gasteiger partial charge on any atom is 0.446 e. The van der Waals surface area contributed by atoms with Crippen LogP contribution < -0.4 is 0 Å². The largest absolute Gasteiger partial charge is 0.446 e. The zero-order valence-electron chi connectivity index (χ0n) is 8.79. The van der Waals surface area contributed by atoms with Crippen molar-refractivity contribution < 1.29 is 19.1 Å². The van der Waals surface area contributed by atoms with Gasteiger partial charge in [0.05, 0.1) is 0 Å². The minimum absolute atomic E-state index is 0.220. The Balaban J connectivity index is 2.91. The minimum atomic E-state index is -1.06. The lowest BCUT2D eigenvalue weighted by atomic mass is 10.1. The van der Waals surface area contributed by atoms with Gasteiger partial charge in [0.2, 0.25) is 0 Å². The number of ketones is 1. The predicted octanol–water partition coefficient (Wildman–Crippen LogP) is 0.717. The molecule has 0 aliphatic heterocycles. The fourth-order valence-electron chi connectivity index (χ4n) is 1.08. The summed E-state index contributed by atoms with van der Waals surface area (Å²) in [5.41, 5.74) is 8.16. The Labute approximate surface area is 97.6 Å². The molecular weight excluding hydrogens is 220 g/mol. The zero-order valence-corrected chi connectivity index (χ0v) is 8.79. The van der Waals surface area contributed by atoms with Crippen molar-refractivity contribution in [2.75, 3.05) is 6.61 Å². The molecule has 1 aromatic rings. The molecule has 0 radical (unpaired) electrons. The Morgan fingerprint density at radius 1 is 1.35 bits per heavy atom. The number of ether oxygens (including phenoxy) is 1. The van der Waals surface area contributed by atoms with Crippen molar-refractivity contribution >= 4 is 17.5 Å². The van der Waals surface area contributed by atoms with Crippen LogP contribution in [0.5, 0.6) is 0 Å². The second-order valence-electron chi connectivity index (χ2n) is 2.92. The molecule has 17 heavy (non-hydrogen) atoms. The summed E-state index contributed by atoms with van der Waals surface area (Å²) in [6.07, 6.45) is 4.89. The molecule has 0 aliphatic carbocycles. The topological polar surface area (TPSA) is 79.8 Å². The Bertz CT molecular complexity index is 522. The molecule has 5 nitrogen and oxygen atoms in total. The quantitative estimate of drug-likeness (QED) is 0.145. The van der Waals surface area contributed by atoms with Gasteiger partial charge in [-0.15, -0.1) is 6.42 Å². The van der Waals surface area contributed by atoms with Gasteiger partial charge in [-0.2, -0.15) is 4.79 Å². The highest BCUT2D eigenvalue weighted by Gasteiger charge is 2.31. The number of hydrogen-bond donors (Lipinski definition) is 0. The van der Waals surface area contributed by atoms with Crippen LogP contribution in [0.1, 0.15) is 10.4 Å². The van der Waals surface area contributed by atoms with E-state index in [0.29, 0.717) is 0 Å². The van der Waals surface area contributed by atoms with Crippen LogP contribution >= 0.6 is 0 Å². The van der Waals surface area contributed by atoms with Gasteiger partial charge in [-0.3, -0.25) is 4.79 Å². The van der Waals surface area contributed by atoms with E-state index in [9.17, 15) is 9.59 Å². The van der Waals surface area contributed by atoms with Crippen LogP contribution in [0.3, 0.4) is 0 Å². The molecule has 84 valence electrons. The fraction of sp³-hybridized carbons (Fsp3) is 0.0833. The van der Waals surface area contributed by atoms with Crippen molar-refractivity contribution in [3.05, 3.63) is 41.4 Å². The van der Waals surface area contributed by atoms with Crippen LogP contribution in [0, 0.1) is 12.3 Å². The molecule has 0 spiro atoms. The predicted molar refractivity (Wildman–Crippen MR) is 59.2 cm³/mol. The number of nitrogens with zero attached hydrogens (tertiary/aromatic N) is 2. The Morgan fingerprint density at radius 3 is 2.53 bits per heavy atom. The maximum absolute atomic E-state index is 11.7. The standard InChI is InChI=1S/C12H8N2O3/c1-2-8-17-12(16)10(14-13)11(15)9-6-4-3-5-7-9/h1,3-7H,8H2. The van der Waals surface area contributed by atoms with Crippen molar-refractivity contribution in [2.45, 2.75) is 0 Å². The first kappa shape index (κ1) is 12.4. The van der Waals surface area contributed by atoms with Gasteiger partial charge in [-0.25, -0.2) is 4.79 Å². The van der Waals surface area contributed by atoms with Crippen molar-refractivity contribution in [1.82, 2.24) is 0 Å². The van der Waals surface area contributed by atoms with Gasteiger partial charge in [0, 0.05) is 5.56 Å². The van der Waals surface area contributed by atoms with Gasteiger partial charge >= 0.3 is 11.7 Å². The summed E-state index contributed by atoms with van der Waals surface area (Å²) in [4.78, 5) is 25.7. The van der Waals surface area contributed by atoms with E-state index in [0.717, 1.165) is 0 Å². The summed E-state index contributed by atoms with van der Waals surface area (Å²) < 4.78 is 4.50. The van der Waals surface area contributed by atoms with Gasteiger partial charge < -0.3 is 10.3 Å². The average molecular weight is 228 g/mol. The molecule has 0 saturated heterocycles. The molecule has 0 fully saturated rings. The molecule has 0 amide bonds. The van der Waals surface area contributed by atoms with Crippen LogP contribution in [0.2, 0.25) is 0 Å². The third kappa shape index (κ3) is 3.13. The number of carbonyl (C=O) groups excluding carboxylic acids is 2. The average Bonchev–Trinajstić information content (AvgIpc) is 2.38. The summed E-state index contributed by atoms with van der Waals surface area (Å²) in [6.45, 7) is -0.292. The molecule has 0 N–H and O–H groups in total. The van der Waals surface area contributed by atoms with Gasteiger partial charge in [0.1, 0.15) is 0 Å². The molecule has 1 aromatic carbocycles. The summed E-state index contributed by atoms with van der Waals surface area (Å²) in [5, 5.41) is 0. The third-order valence-electron chi connectivity index (χ3n) is 1.83. The Kier molecular flexibility index (Phi) is 4.37. The number of Topliss-reactive ketones (excluding diaryl/α,β-unsaturated/α-hetero) is 1. The van der Waals surface area contributed by atoms with E-state index in [1.165, 1.54) is 12.1 Å². The number of benzene rings is 1. The molecule has 5 heteroatoms. The molecule has 0 saturated carbocycles. The van der Waals surface area contributed by atoms with E-state index in [1.807, 2.05) is 0 Å². The number of carbonyl (C=O) groups is 2. The zero-order chi connectivity index (χ0) is 12.7. The molecule has 0 bridgehead atoms. The van der Waals surface area contributed by atoms with E-state index in [1.54, 1.807) is 18.2 Å². The van der Waals surface area contributed by atoms with E-state index >= 15 is 0 Å². The SMILES string of the molecule is C#CCOC(=O)C(=[N+]=[N-])C(=O)c1ccccc1. The molecule has 0 atom stereocenters. The van der Waals surface area contributed by atoms with Gasteiger partial charge in [0.15, 0.2) is 6.61 Å². The van der Waals surface area contributed by atoms with Crippen molar-refractivity contribution in [1.29, 1.82) is 0 Å². The smallest absolute Gasteiger partial charge is 0.444 e. The van der Waals surface area contributed by atoms with Crippen molar-refractivity contribution in [3.63, 3.8) is 0 Å². The second kappa shape index (κ2) is 6.01. The van der Waals surface area contributed by atoms with Crippen LogP contribution in [-0.2, 0) is 9.53 Å². The molecule has 1 rings (SSSR count). The second-order valence-corrected chi connectivity index (χ2v) is 2.92. The first-order valence-electron chi connectivity index (χ1n) is 4.63. The van der Waals surface area contributed by atoms with Crippen molar-refractivity contribution in [3.8, 4) is 12.3 Å². The van der Waals surface area contributed by atoms with E-state index in [-0.39, 0.29) is 12.2 Å². The highest BCUT2D eigenvalue weighted by atomic mass is 16.5. The van der Waals surface area contributed by atoms with Gasteiger partial charge in [0.25, 0.3) is 5.78 Å². The van der Waals surface area contributed by atoms with E-state index in [4.69, 9.17) is 12.0 Å². The lowest BCUT2D eigenvalue weighted by Gasteiger charge is -1.96. The first-order valence-corrected chi connectivity index (χ1v) is 4.63. The van der Waals surface area contributed by atoms with Gasteiger partial charge in [-0.05, 0) is 0 Å². The maximum atomic E-state index is 11.7. The molecular formula is C12H8N2O3. The highest BCUT2D eigenvalue weighted by Crippen LogP contribution is 2.01. The molecule has 0 heterocycles. The summed E-state index contributed by atoms with van der Waals surface area (Å²) >= 11 is 0. The monoisotopic (exact) mass is 228 g/mol. The van der Waals surface area contributed by atoms with Crippen LogP contribution in [0.15, 0.2) is 30.3 Å². The Hall–Kier alpha value is -2.70. The number of terminal acetylenes is 1. The Morgan fingerprint density at radius 2 is 2.00 bits per heavy atom. The molecule has 0 aromatic heterocycles. The summed E-state index contributed by atoms with van der Waals surface area (Å²) in [6, 6.07) is 7.93. The minimum Gasteiger partial charge on any atom is -0.444 e. The third-order valence-corrected chi connectivity index (χ3v) is 1.83. The number of rotatable bonds is 4. The fourth-order valence-corrected chi connectivity index (χ4v) is 1.08. The van der Waals surface area contributed by atoms with Crippen LogP contribution in [-0.4, -0.2) is 28.9 Å². The lowest BCUT2D eigenvalue weighted by molar-refractivity contribution is -0.138. The van der Waals surface area contributed by atoms with Crippen LogP contribution in [0.25, 0.3) is 5.53 Å². The highest BCUT2D eigenvalue weighted by molar-refractivity contribution is 6.65. The molecule has 0 aliphatic rings. The number of esters is 1. The normalized spacial score (nSPS) is 8.65. The number of hydrogen-bond acceptors (Lipinski definition) is 3. The molecule has 0 unspecified atom stereocenters. The summed E-state index contributed by atoms with van der Waals surface area (Å²) in [7, 11) is 0. The van der Waals surface area contributed by atoms with E-state index in [2.05, 4.69) is 15.4 Å². The lowest BCUT2D eigenvalue weighted by Crippen LogP contribution is -2.27. The first-order chi connectivity index (χ1) is 8.20.